The van der Waals surface area contributed by atoms with Crippen LogP contribution in [0.1, 0.15) is 47.7 Å². The van der Waals surface area contributed by atoms with Crippen molar-refractivity contribution in [2.45, 2.75) is 31.7 Å². The first-order chi connectivity index (χ1) is 11.6. The number of nitriles is 1. The summed E-state index contributed by atoms with van der Waals surface area (Å²) < 4.78 is 0. The van der Waals surface area contributed by atoms with E-state index in [1.54, 1.807) is 12.1 Å². The molecule has 2 aromatic rings. The molecule has 1 atom stereocenters. The van der Waals surface area contributed by atoms with E-state index in [9.17, 15) is 10.1 Å². The average molecular weight is 319 g/mol. The minimum Gasteiger partial charge on any atom is -0.398 e. The minimum absolute atomic E-state index is 0.306. The molecule has 1 aliphatic heterocycles. The summed E-state index contributed by atoms with van der Waals surface area (Å²) in [5.41, 5.74) is 10.4. The largest absolute Gasteiger partial charge is 0.398 e. The zero-order valence-electron chi connectivity index (χ0n) is 13.8. The van der Waals surface area contributed by atoms with Crippen molar-refractivity contribution in [3.05, 3.63) is 53.1 Å². The number of anilines is 1. The third-order valence-electron chi connectivity index (χ3n) is 4.91. The Morgan fingerprint density at radius 3 is 2.67 bits per heavy atom. The summed E-state index contributed by atoms with van der Waals surface area (Å²) in [4.78, 5) is 11.4. The number of piperidine rings is 1. The number of nitrogens with two attached hydrogens (primary N) is 1. The summed E-state index contributed by atoms with van der Waals surface area (Å²) in [5, 5.41) is 13.0. The monoisotopic (exact) mass is 319 g/mol. The molecular formula is C20H21N3O. The Morgan fingerprint density at radius 1 is 1.21 bits per heavy atom. The van der Waals surface area contributed by atoms with Crippen LogP contribution in [-0.2, 0) is 5.54 Å². The lowest BCUT2D eigenvalue weighted by Crippen LogP contribution is -2.44. The number of hydrogen-bond acceptors (Lipinski definition) is 4. The van der Waals surface area contributed by atoms with Gasteiger partial charge in [0, 0.05) is 22.4 Å². The zero-order valence-corrected chi connectivity index (χ0v) is 13.8. The van der Waals surface area contributed by atoms with Crippen LogP contribution in [0.2, 0.25) is 0 Å². The van der Waals surface area contributed by atoms with Crippen molar-refractivity contribution >= 4 is 12.0 Å². The second kappa shape index (κ2) is 6.46. The van der Waals surface area contributed by atoms with E-state index in [4.69, 9.17) is 5.73 Å². The number of nitrogens with zero attached hydrogens (tertiary/aromatic N) is 1. The van der Waals surface area contributed by atoms with Gasteiger partial charge in [0.05, 0.1) is 11.6 Å². The predicted octanol–water partition coefficient (Wildman–Crippen LogP) is 3.61. The van der Waals surface area contributed by atoms with Crippen LogP contribution in [0.5, 0.6) is 0 Å². The third-order valence-corrected chi connectivity index (χ3v) is 4.91. The smallest absolute Gasteiger partial charge is 0.152 e. The highest BCUT2D eigenvalue weighted by Crippen LogP contribution is 2.42. The molecule has 3 rings (SSSR count). The van der Waals surface area contributed by atoms with Gasteiger partial charge in [0.15, 0.2) is 6.29 Å². The van der Waals surface area contributed by atoms with Crippen LogP contribution < -0.4 is 11.1 Å². The molecule has 4 heteroatoms. The second-order valence-corrected chi connectivity index (χ2v) is 6.48. The maximum atomic E-state index is 11.4. The van der Waals surface area contributed by atoms with E-state index in [0.717, 1.165) is 48.8 Å². The van der Waals surface area contributed by atoms with Crippen LogP contribution in [0.15, 0.2) is 36.4 Å². The van der Waals surface area contributed by atoms with Gasteiger partial charge in [0.1, 0.15) is 0 Å². The molecule has 24 heavy (non-hydrogen) atoms. The predicted molar refractivity (Wildman–Crippen MR) is 95.6 cm³/mol. The topological polar surface area (TPSA) is 78.9 Å². The molecule has 4 nitrogen and oxygen atoms in total. The molecule has 0 spiro atoms. The summed E-state index contributed by atoms with van der Waals surface area (Å²) in [6, 6.07) is 13.4. The lowest BCUT2D eigenvalue weighted by Gasteiger charge is -2.38. The van der Waals surface area contributed by atoms with E-state index in [1.165, 1.54) is 0 Å². The summed E-state index contributed by atoms with van der Waals surface area (Å²) in [5.74, 6) is 0. The number of hydrogen-bond donors (Lipinski definition) is 2. The molecule has 1 unspecified atom stereocenters. The van der Waals surface area contributed by atoms with E-state index in [0.29, 0.717) is 16.8 Å². The van der Waals surface area contributed by atoms with Crippen LogP contribution >= 0.6 is 0 Å². The summed E-state index contributed by atoms with van der Waals surface area (Å²) >= 11 is 0. The fraction of sp³-hybridized carbons (Fsp3) is 0.300. The van der Waals surface area contributed by atoms with Gasteiger partial charge in [-0.05, 0) is 49.6 Å². The summed E-state index contributed by atoms with van der Waals surface area (Å²) in [6.07, 6.45) is 3.98. The second-order valence-electron chi connectivity index (χ2n) is 6.48. The Kier molecular flexibility index (Phi) is 4.37. The lowest BCUT2D eigenvalue weighted by molar-refractivity contribution is 0.112. The highest BCUT2D eigenvalue weighted by atomic mass is 16.1. The number of benzene rings is 2. The van der Waals surface area contributed by atoms with Gasteiger partial charge in [-0.1, -0.05) is 30.7 Å². The van der Waals surface area contributed by atoms with Crippen molar-refractivity contribution < 1.29 is 4.79 Å². The van der Waals surface area contributed by atoms with Crippen LogP contribution in [0, 0.1) is 11.3 Å². The highest BCUT2D eigenvalue weighted by Gasteiger charge is 2.33. The number of aldehydes is 1. The van der Waals surface area contributed by atoms with Crippen molar-refractivity contribution in [3.63, 3.8) is 0 Å². The maximum Gasteiger partial charge on any atom is 0.152 e. The van der Waals surface area contributed by atoms with E-state index >= 15 is 0 Å². The van der Waals surface area contributed by atoms with Crippen molar-refractivity contribution in [1.82, 2.24) is 5.32 Å². The van der Waals surface area contributed by atoms with Gasteiger partial charge in [-0.25, -0.2) is 0 Å². The first-order valence-electron chi connectivity index (χ1n) is 8.23. The van der Waals surface area contributed by atoms with Crippen molar-refractivity contribution in [1.29, 1.82) is 5.26 Å². The molecule has 0 aliphatic carbocycles. The normalized spacial score (nSPS) is 20.3. The highest BCUT2D eigenvalue weighted by molar-refractivity contribution is 5.90. The van der Waals surface area contributed by atoms with Crippen LogP contribution in [0.25, 0.3) is 11.1 Å². The van der Waals surface area contributed by atoms with Gasteiger partial charge in [-0.15, -0.1) is 0 Å². The third kappa shape index (κ3) is 2.68. The van der Waals surface area contributed by atoms with Gasteiger partial charge in [-0.3, -0.25) is 4.79 Å². The molecule has 0 radical (unpaired) electrons. The lowest BCUT2D eigenvalue weighted by atomic mass is 9.78. The number of carbonyl (C=O) groups excluding carboxylic acids is 1. The Morgan fingerprint density at radius 2 is 2.00 bits per heavy atom. The quantitative estimate of drug-likeness (QED) is 0.669. The molecular weight excluding hydrogens is 298 g/mol. The Bertz CT molecular complexity index is 814. The minimum atomic E-state index is -0.306. The van der Waals surface area contributed by atoms with Gasteiger partial charge in [0.2, 0.25) is 0 Å². The molecule has 1 fully saturated rings. The molecule has 0 amide bonds. The van der Waals surface area contributed by atoms with Crippen LogP contribution in [0.3, 0.4) is 0 Å². The van der Waals surface area contributed by atoms with E-state index in [2.05, 4.69) is 18.3 Å². The SMILES string of the molecule is CC1(c2c(-c3ccccc3C#N)ccc(C=O)c2N)CCCCN1. The molecule has 122 valence electrons. The maximum absolute atomic E-state index is 11.4. The van der Waals surface area contributed by atoms with Crippen molar-refractivity contribution in [3.8, 4) is 17.2 Å². The molecule has 1 aliphatic rings. The number of rotatable bonds is 3. The molecule has 0 saturated carbocycles. The van der Waals surface area contributed by atoms with E-state index in [-0.39, 0.29) is 5.54 Å². The molecule has 1 heterocycles. The standard InChI is InChI=1S/C20H21N3O/c1-20(10-4-5-11-23-20)18-17(9-8-15(13-24)19(18)22)16-7-3-2-6-14(16)12-21/h2-3,6-9,13,23H,4-5,10-11,22H2,1H3. The number of carbonyl (C=O) groups is 1. The van der Waals surface area contributed by atoms with Gasteiger partial charge >= 0.3 is 0 Å². The number of nitrogen functional groups attached to an aromatic ring is 1. The molecule has 1 saturated heterocycles. The molecule has 0 aromatic heterocycles. The van der Waals surface area contributed by atoms with Gasteiger partial charge in [-0.2, -0.15) is 5.26 Å². The first kappa shape index (κ1) is 16.2. The average Bonchev–Trinajstić information content (AvgIpc) is 2.61. The Hall–Kier alpha value is -2.64. The van der Waals surface area contributed by atoms with Gasteiger partial charge in [0.25, 0.3) is 0 Å². The van der Waals surface area contributed by atoms with Crippen molar-refractivity contribution in [2.75, 3.05) is 12.3 Å². The zero-order chi connectivity index (χ0) is 17.2. The molecule has 2 aromatic carbocycles. The Labute approximate surface area is 142 Å². The fourth-order valence-corrected chi connectivity index (χ4v) is 3.64. The fourth-order valence-electron chi connectivity index (χ4n) is 3.64. The molecule has 3 N–H and O–H groups in total. The van der Waals surface area contributed by atoms with E-state index < -0.39 is 0 Å². The van der Waals surface area contributed by atoms with Crippen LogP contribution in [0.4, 0.5) is 5.69 Å². The summed E-state index contributed by atoms with van der Waals surface area (Å²) in [7, 11) is 0. The van der Waals surface area contributed by atoms with E-state index in [1.807, 2.05) is 24.3 Å². The molecule has 0 bridgehead atoms. The first-order valence-corrected chi connectivity index (χ1v) is 8.23. The van der Waals surface area contributed by atoms with Crippen molar-refractivity contribution in [2.24, 2.45) is 0 Å². The summed E-state index contributed by atoms with van der Waals surface area (Å²) in [6.45, 7) is 3.05. The van der Waals surface area contributed by atoms with Crippen LogP contribution in [-0.4, -0.2) is 12.8 Å². The number of nitrogens with one attached hydrogen (secondary N) is 1. The van der Waals surface area contributed by atoms with Gasteiger partial charge < -0.3 is 11.1 Å². The Balaban J connectivity index is 2.29.